The predicted octanol–water partition coefficient (Wildman–Crippen LogP) is 5.11. The summed E-state index contributed by atoms with van der Waals surface area (Å²) in [7, 11) is 0. The van der Waals surface area contributed by atoms with Gasteiger partial charge in [0.15, 0.2) is 5.78 Å². The first-order valence-corrected chi connectivity index (χ1v) is 12.5. The Labute approximate surface area is 213 Å². The largest absolute Gasteiger partial charge is 0.462 e. The number of esters is 1. The van der Waals surface area contributed by atoms with Crippen LogP contribution < -0.4 is 4.90 Å². The average Bonchev–Trinajstić information content (AvgIpc) is 3.01. The minimum absolute atomic E-state index is 0.135. The molecule has 0 radical (unpaired) electrons. The van der Waals surface area contributed by atoms with Crippen LogP contribution in [0, 0.1) is 39.7 Å². The number of thiophene rings is 1. The van der Waals surface area contributed by atoms with Crippen molar-refractivity contribution in [3.05, 3.63) is 60.3 Å². The van der Waals surface area contributed by atoms with Crippen LogP contribution in [0.1, 0.15) is 63.8 Å². The maximum absolute atomic E-state index is 13.1. The number of nitrogens with zero attached hydrogens (tertiary/aromatic N) is 4. The summed E-state index contributed by atoms with van der Waals surface area (Å²) in [4.78, 5) is 39.0. The summed E-state index contributed by atoms with van der Waals surface area (Å²) in [6.45, 7) is 5.04. The highest BCUT2D eigenvalue weighted by molar-refractivity contribution is 7.14. The van der Waals surface area contributed by atoms with Gasteiger partial charge >= 0.3 is 5.97 Å². The third-order valence-corrected chi connectivity index (χ3v) is 7.27. The summed E-state index contributed by atoms with van der Waals surface area (Å²) in [5.74, 6) is -1.11. The number of carbonyl (C=O) groups excluding carboxylic acids is 2. The van der Waals surface area contributed by atoms with Gasteiger partial charge in [-0.1, -0.05) is 12.8 Å². The molecule has 1 aromatic heterocycles. The van der Waals surface area contributed by atoms with Gasteiger partial charge in [0.1, 0.15) is 17.0 Å². The summed E-state index contributed by atoms with van der Waals surface area (Å²) < 4.78 is 5.04. The molecule has 1 aliphatic heterocycles. The van der Waals surface area contributed by atoms with Crippen molar-refractivity contribution in [1.82, 2.24) is 0 Å². The lowest BCUT2D eigenvalue weighted by atomic mass is 10.0. The number of non-ortho nitro benzene ring substituents is 1. The third-order valence-electron chi connectivity index (χ3n) is 6.00. The van der Waals surface area contributed by atoms with Crippen LogP contribution in [0.4, 0.5) is 11.4 Å². The fourth-order valence-electron chi connectivity index (χ4n) is 4.18. The van der Waals surface area contributed by atoms with Gasteiger partial charge in [-0.3, -0.25) is 14.9 Å². The second-order valence-corrected chi connectivity index (χ2v) is 9.46. The van der Waals surface area contributed by atoms with Gasteiger partial charge in [-0.15, -0.1) is 11.3 Å². The maximum Gasteiger partial charge on any atom is 0.348 e. The second-order valence-electron chi connectivity index (χ2n) is 8.36. The van der Waals surface area contributed by atoms with Gasteiger partial charge in [-0.05, 0) is 44.4 Å². The van der Waals surface area contributed by atoms with Crippen molar-refractivity contribution in [2.75, 3.05) is 24.6 Å². The fourth-order valence-corrected chi connectivity index (χ4v) is 5.33. The molecule has 1 saturated heterocycles. The molecule has 0 saturated carbocycles. The molecule has 0 atom stereocenters. The van der Waals surface area contributed by atoms with Crippen LogP contribution in [-0.2, 0) is 16.0 Å². The zero-order valence-electron chi connectivity index (χ0n) is 20.2. The maximum atomic E-state index is 13.1. The van der Waals surface area contributed by atoms with E-state index in [1.165, 1.54) is 18.2 Å². The van der Waals surface area contributed by atoms with Crippen molar-refractivity contribution in [3.63, 3.8) is 0 Å². The number of ketones is 1. The van der Waals surface area contributed by atoms with Crippen molar-refractivity contribution in [1.29, 1.82) is 10.5 Å². The molecule has 1 aromatic carbocycles. The quantitative estimate of drug-likeness (QED) is 0.158. The third kappa shape index (κ3) is 5.96. The summed E-state index contributed by atoms with van der Waals surface area (Å²) in [5.41, 5.74) is 1.49. The molecule has 2 aromatic rings. The van der Waals surface area contributed by atoms with Gasteiger partial charge in [-0.2, -0.15) is 10.5 Å². The zero-order chi connectivity index (χ0) is 26.2. The lowest BCUT2D eigenvalue weighted by Crippen LogP contribution is -2.24. The Hall–Kier alpha value is -4.02. The molecule has 0 aliphatic carbocycles. The molecule has 0 spiro atoms. The molecule has 10 heteroatoms. The molecule has 2 heterocycles. The smallest absolute Gasteiger partial charge is 0.348 e. The van der Waals surface area contributed by atoms with Crippen LogP contribution in [0.2, 0.25) is 0 Å². The topological polar surface area (TPSA) is 137 Å². The number of rotatable bonds is 8. The van der Waals surface area contributed by atoms with Crippen LogP contribution >= 0.6 is 11.3 Å². The first kappa shape index (κ1) is 26.6. The van der Waals surface area contributed by atoms with E-state index in [-0.39, 0.29) is 34.7 Å². The van der Waals surface area contributed by atoms with Gasteiger partial charge < -0.3 is 9.64 Å². The Bertz CT molecular complexity index is 1290. The van der Waals surface area contributed by atoms with E-state index >= 15 is 0 Å². The van der Waals surface area contributed by atoms with E-state index in [2.05, 4.69) is 4.90 Å². The summed E-state index contributed by atoms with van der Waals surface area (Å²) in [6, 6.07) is 8.42. The normalized spacial score (nSPS) is 13.9. The van der Waals surface area contributed by atoms with Gasteiger partial charge in [0, 0.05) is 47.8 Å². The van der Waals surface area contributed by atoms with Crippen molar-refractivity contribution in [2.45, 2.75) is 46.0 Å². The van der Waals surface area contributed by atoms with E-state index in [0.717, 1.165) is 55.8 Å². The highest BCUT2D eigenvalue weighted by atomic mass is 32.1. The number of ether oxygens (including phenoxy) is 1. The molecule has 9 nitrogen and oxygen atoms in total. The molecule has 0 bridgehead atoms. The van der Waals surface area contributed by atoms with Crippen LogP contribution in [0.15, 0.2) is 23.8 Å². The van der Waals surface area contributed by atoms with Gasteiger partial charge in [-0.25, -0.2) is 4.79 Å². The number of hydrogen-bond donors (Lipinski definition) is 0. The number of hydrogen-bond acceptors (Lipinski definition) is 9. The van der Waals surface area contributed by atoms with Crippen molar-refractivity contribution < 1.29 is 19.2 Å². The molecular formula is C26H26N4O5S. The Morgan fingerprint density at radius 2 is 1.92 bits per heavy atom. The van der Waals surface area contributed by atoms with Crippen LogP contribution in [-0.4, -0.2) is 36.4 Å². The first-order chi connectivity index (χ1) is 17.3. The highest BCUT2D eigenvalue weighted by Gasteiger charge is 2.24. The van der Waals surface area contributed by atoms with Gasteiger partial charge in [0.05, 0.1) is 22.7 Å². The second kappa shape index (κ2) is 12.1. The monoisotopic (exact) mass is 506 g/mol. The predicted molar refractivity (Wildman–Crippen MR) is 136 cm³/mol. The molecule has 36 heavy (non-hydrogen) atoms. The molecule has 1 fully saturated rings. The number of nitro benzene ring substituents is 1. The lowest BCUT2D eigenvalue weighted by molar-refractivity contribution is -0.384. The van der Waals surface area contributed by atoms with Crippen molar-refractivity contribution in [2.24, 2.45) is 0 Å². The first-order valence-electron chi connectivity index (χ1n) is 11.7. The molecule has 0 amide bonds. The number of carbonyl (C=O) groups is 2. The number of anilines is 1. The van der Waals surface area contributed by atoms with Crippen LogP contribution in [0.25, 0.3) is 6.08 Å². The van der Waals surface area contributed by atoms with E-state index in [4.69, 9.17) is 4.74 Å². The molecule has 186 valence electrons. The van der Waals surface area contributed by atoms with E-state index in [1.54, 1.807) is 19.9 Å². The molecule has 1 aliphatic rings. The summed E-state index contributed by atoms with van der Waals surface area (Å²) >= 11 is 1.00. The zero-order valence-corrected chi connectivity index (χ0v) is 21.0. The standard InChI is InChI=1S/C26H26N4O5S/c1-3-35-26(32)25-17(2)21(16-28)24(36-25)14-23(31)19(15-27)12-18-13-20(30(33)34)8-9-22(18)29-10-6-4-5-7-11-29/h8-9,12-13H,3-7,10-11,14H2,1-2H3/b19-12-. The minimum Gasteiger partial charge on any atom is -0.462 e. The van der Waals surface area contributed by atoms with E-state index < -0.39 is 16.7 Å². The number of benzene rings is 1. The Morgan fingerprint density at radius 1 is 1.22 bits per heavy atom. The average molecular weight is 507 g/mol. The minimum atomic E-state index is -0.565. The number of nitriles is 2. The fraction of sp³-hybridized carbons (Fsp3) is 0.385. The van der Waals surface area contributed by atoms with Crippen molar-refractivity contribution in [3.8, 4) is 12.1 Å². The molecule has 0 unspecified atom stereocenters. The molecular weight excluding hydrogens is 480 g/mol. The van der Waals surface area contributed by atoms with Crippen molar-refractivity contribution >= 4 is 40.5 Å². The summed E-state index contributed by atoms with van der Waals surface area (Å²) in [5, 5.41) is 30.8. The number of nitro groups is 1. The van der Waals surface area contributed by atoms with Gasteiger partial charge in [0.25, 0.3) is 5.69 Å². The SMILES string of the molecule is CCOC(=O)c1sc(CC(=O)/C(C#N)=C\c2cc([N+](=O)[O-])ccc2N2CCCCCC2)c(C#N)c1C. The molecule has 3 rings (SSSR count). The van der Waals surface area contributed by atoms with E-state index in [9.17, 15) is 30.2 Å². The van der Waals surface area contributed by atoms with E-state index in [1.807, 2.05) is 12.1 Å². The van der Waals surface area contributed by atoms with E-state index in [0.29, 0.717) is 16.0 Å². The Morgan fingerprint density at radius 3 is 2.50 bits per heavy atom. The van der Waals surface area contributed by atoms with Crippen LogP contribution in [0.5, 0.6) is 0 Å². The number of allylic oxidation sites excluding steroid dienone is 1. The van der Waals surface area contributed by atoms with Crippen LogP contribution in [0.3, 0.4) is 0 Å². The Balaban J connectivity index is 1.99. The lowest BCUT2D eigenvalue weighted by Gasteiger charge is -2.24. The number of Topliss-reactive ketones (excluding diaryl/α,β-unsaturated/α-hetero) is 1. The molecule has 0 N–H and O–H groups in total. The Kier molecular flexibility index (Phi) is 8.93. The van der Waals surface area contributed by atoms with Gasteiger partial charge in [0.2, 0.25) is 0 Å². The summed E-state index contributed by atoms with van der Waals surface area (Å²) in [6.07, 6.45) is 5.32. The highest BCUT2D eigenvalue weighted by Crippen LogP contribution is 2.32.